The number of fused-ring (bicyclic) bond motifs is 1. The van der Waals surface area contributed by atoms with Gasteiger partial charge in [-0.05, 0) is 60.9 Å². The van der Waals surface area contributed by atoms with E-state index in [4.69, 9.17) is 0 Å². The number of rotatable bonds is 1. The number of anilines is 1. The maximum atomic E-state index is 4.64. The number of pyridine rings is 1. The van der Waals surface area contributed by atoms with Crippen LogP contribution in [-0.4, -0.2) is 4.98 Å². The molecule has 1 aromatic heterocycles. The zero-order valence-electron chi connectivity index (χ0n) is 14.5. The summed E-state index contributed by atoms with van der Waals surface area (Å²) in [5, 5.41) is 3.65. The molecule has 0 spiro atoms. The SMILES string of the molecule is CC1(C)CCC2=C(C1)Nc1ncccc1C2(C)c1cccc(Br)c1. The van der Waals surface area contributed by atoms with Crippen LogP contribution in [0.1, 0.15) is 51.2 Å². The maximum absolute atomic E-state index is 4.64. The molecule has 2 aromatic rings. The van der Waals surface area contributed by atoms with Crippen LogP contribution in [0, 0.1) is 5.41 Å². The molecule has 0 radical (unpaired) electrons. The standard InChI is InChI=1S/C21H23BrN2/c1-20(2)10-9-16-18(13-20)24-19-17(8-5-11-23-19)21(16,3)14-6-4-7-15(22)12-14/h4-8,11-12H,9-10,13H2,1-3H3,(H,23,24). The van der Waals surface area contributed by atoms with E-state index < -0.39 is 0 Å². The summed E-state index contributed by atoms with van der Waals surface area (Å²) in [6.45, 7) is 7.09. The number of nitrogens with zero attached hydrogens (tertiary/aromatic N) is 1. The van der Waals surface area contributed by atoms with E-state index in [1.54, 1.807) is 0 Å². The Labute approximate surface area is 152 Å². The predicted octanol–water partition coefficient (Wildman–Crippen LogP) is 6.04. The second kappa shape index (κ2) is 5.45. The van der Waals surface area contributed by atoms with Crippen molar-refractivity contribution in [1.29, 1.82) is 0 Å². The molecule has 0 amide bonds. The van der Waals surface area contributed by atoms with Crippen molar-refractivity contribution in [2.24, 2.45) is 5.41 Å². The van der Waals surface area contributed by atoms with Crippen LogP contribution in [-0.2, 0) is 5.41 Å². The molecule has 3 heteroatoms. The Morgan fingerprint density at radius 3 is 2.75 bits per heavy atom. The minimum atomic E-state index is -0.121. The van der Waals surface area contributed by atoms with Gasteiger partial charge in [0.05, 0.1) is 0 Å². The number of aromatic nitrogens is 1. The van der Waals surface area contributed by atoms with Crippen LogP contribution in [0.25, 0.3) is 0 Å². The fourth-order valence-corrected chi connectivity index (χ4v) is 4.70. The Hall–Kier alpha value is -1.61. The van der Waals surface area contributed by atoms with Gasteiger partial charge in [-0.2, -0.15) is 0 Å². The summed E-state index contributed by atoms with van der Waals surface area (Å²) in [7, 11) is 0. The molecule has 1 aliphatic carbocycles. The van der Waals surface area contributed by atoms with Crippen LogP contribution in [0.5, 0.6) is 0 Å². The van der Waals surface area contributed by atoms with Gasteiger partial charge in [-0.3, -0.25) is 0 Å². The van der Waals surface area contributed by atoms with Gasteiger partial charge in [-0.15, -0.1) is 0 Å². The Bertz CT molecular complexity index is 837. The third-order valence-electron chi connectivity index (χ3n) is 5.69. The highest BCUT2D eigenvalue weighted by Gasteiger charge is 2.43. The van der Waals surface area contributed by atoms with Gasteiger partial charge in [0.25, 0.3) is 0 Å². The largest absolute Gasteiger partial charge is 0.344 e. The molecule has 1 atom stereocenters. The average molecular weight is 383 g/mol. The maximum Gasteiger partial charge on any atom is 0.134 e. The molecule has 2 nitrogen and oxygen atoms in total. The van der Waals surface area contributed by atoms with Gasteiger partial charge in [0.2, 0.25) is 0 Å². The van der Waals surface area contributed by atoms with Crippen molar-refractivity contribution in [1.82, 2.24) is 4.98 Å². The average Bonchev–Trinajstić information content (AvgIpc) is 2.54. The minimum Gasteiger partial charge on any atom is -0.344 e. The van der Waals surface area contributed by atoms with Crippen LogP contribution in [0.15, 0.2) is 58.3 Å². The van der Waals surface area contributed by atoms with Crippen molar-refractivity contribution in [3.63, 3.8) is 0 Å². The summed E-state index contributed by atoms with van der Waals surface area (Å²) in [6.07, 6.45) is 5.33. The molecule has 1 aromatic carbocycles. The quantitative estimate of drug-likeness (QED) is 0.649. The molecule has 1 aliphatic heterocycles. The first kappa shape index (κ1) is 15.9. The Balaban J connectivity index is 1.96. The van der Waals surface area contributed by atoms with Crippen LogP contribution >= 0.6 is 15.9 Å². The lowest BCUT2D eigenvalue weighted by atomic mass is 9.62. The van der Waals surface area contributed by atoms with E-state index >= 15 is 0 Å². The van der Waals surface area contributed by atoms with Crippen LogP contribution in [0.3, 0.4) is 0 Å². The van der Waals surface area contributed by atoms with Gasteiger partial charge >= 0.3 is 0 Å². The zero-order valence-corrected chi connectivity index (χ0v) is 16.1. The molecule has 24 heavy (non-hydrogen) atoms. The second-order valence-corrected chi connectivity index (χ2v) is 8.87. The van der Waals surface area contributed by atoms with Crippen molar-refractivity contribution in [2.45, 2.75) is 45.4 Å². The number of allylic oxidation sites excluding steroid dienone is 2. The van der Waals surface area contributed by atoms with Gasteiger partial charge in [0.1, 0.15) is 5.82 Å². The molecule has 124 valence electrons. The van der Waals surface area contributed by atoms with Crippen molar-refractivity contribution >= 4 is 21.7 Å². The normalized spacial score (nSPS) is 24.8. The molecule has 1 unspecified atom stereocenters. The van der Waals surface area contributed by atoms with E-state index in [1.807, 2.05) is 6.20 Å². The summed E-state index contributed by atoms with van der Waals surface area (Å²) in [5.41, 5.74) is 5.74. The van der Waals surface area contributed by atoms with E-state index in [-0.39, 0.29) is 5.41 Å². The fraction of sp³-hybridized carbons (Fsp3) is 0.381. The minimum absolute atomic E-state index is 0.121. The van der Waals surface area contributed by atoms with Crippen LogP contribution < -0.4 is 5.32 Å². The number of hydrogen-bond donors (Lipinski definition) is 1. The highest BCUT2D eigenvalue weighted by atomic mass is 79.9. The van der Waals surface area contributed by atoms with Crippen LogP contribution in [0.2, 0.25) is 0 Å². The van der Waals surface area contributed by atoms with Crippen molar-refractivity contribution in [3.8, 4) is 0 Å². The summed E-state index contributed by atoms with van der Waals surface area (Å²) in [4.78, 5) is 4.64. The third-order valence-corrected chi connectivity index (χ3v) is 6.19. The van der Waals surface area contributed by atoms with Crippen molar-refractivity contribution in [3.05, 3.63) is 69.5 Å². The first-order valence-electron chi connectivity index (χ1n) is 8.61. The molecule has 2 aliphatic rings. The predicted molar refractivity (Wildman–Crippen MR) is 103 cm³/mol. The highest BCUT2D eigenvalue weighted by molar-refractivity contribution is 9.10. The first-order valence-corrected chi connectivity index (χ1v) is 9.40. The third kappa shape index (κ3) is 2.41. The lowest BCUT2D eigenvalue weighted by Crippen LogP contribution is -2.38. The lowest BCUT2D eigenvalue weighted by Gasteiger charge is -2.45. The van der Waals surface area contributed by atoms with Crippen molar-refractivity contribution in [2.75, 3.05) is 5.32 Å². The fourth-order valence-electron chi connectivity index (χ4n) is 4.30. The molecule has 0 fully saturated rings. The number of nitrogens with one attached hydrogen (secondary N) is 1. The van der Waals surface area contributed by atoms with Gasteiger partial charge < -0.3 is 5.32 Å². The summed E-state index contributed by atoms with van der Waals surface area (Å²) >= 11 is 3.65. The van der Waals surface area contributed by atoms with Gasteiger partial charge in [0.15, 0.2) is 0 Å². The molecule has 4 rings (SSSR count). The summed E-state index contributed by atoms with van der Waals surface area (Å²) in [6, 6.07) is 13.0. The van der Waals surface area contributed by atoms with Crippen molar-refractivity contribution < 1.29 is 0 Å². The molecular formula is C21H23BrN2. The number of benzene rings is 1. The van der Waals surface area contributed by atoms with Gasteiger partial charge in [0, 0.05) is 27.3 Å². The van der Waals surface area contributed by atoms with Crippen LogP contribution in [0.4, 0.5) is 5.82 Å². The monoisotopic (exact) mass is 382 g/mol. The Kier molecular flexibility index (Phi) is 3.61. The topological polar surface area (TPSA) is 24.9 Å². The Morgan fingerprint density at radius 2 is 1.96 bits per heavy atom. The molecule has 0 saturated carbocycles. The Morgan fingerprint density at radius 1 is 1.12 bits per heavy atom. The second-order valence-electron chi connectivity index (χ2n) is 7.96. The molecule has 2 heterocycles. The van der Waals surface area contributed by atoms with E-state index in [0.29, 0.717) is 5.41 Å². The molecule has 0 saturated heterocycles. The summed E-state index contributed by atoms with van der Waals surface area (Å²) in [5.74, 6) is 1.01. The van der Waals surface area contributed by atoms with E-state index in [0.717, 1.165) is 23.1 Å². The number of hydrogen-bond acceptors (Lipinski definition) is 2. The molecule has 0 bridgehead atoms. The zero-order chi connectivity index (χ0) is 16.9. The van der Waals surface area contributed by atoms with E-state index in [2.05, 4.69) is 83.4 Å². The van der Waals surface area contributed by atoms with Gasteiger partial charge in [-0.1, -0.05) is 48.0 Å². The molecule has 1 N–H and O–H groups in total. The first-order chi connectivity index (χ1) is 11.4. The molecular weight excluding hydrogens is 360 g/mol. The van der Waals surface area contributed by atoms with Gasteiger partial charge in [-0.25, -0.2) is 4.98 Å². The van der Waals surface area contributed by atoms with E-state index in [9.17, 15) is 0 Å². The lowest BCUT2D eigenvalue weighted by molar-refractivity contribution is 0.302. The summed E-state index contributed by atoms with van der Waals surface area (Å²) < 4.78 is 1.13. The van der Waals surface area contributed by atoms with E-state index in [1.165, 1.54) is 28.8 Å². The number of halogens is 1. The smallest absolute Gasteiger partial charge is 0.134 e. The highest BCUT2D eigenvalue weighted by Crippen LogP contribution is 2.53.